The molecule has 0 atom stereocenters. The molecule has 4 aliphatic rings. The van der Waals surface area contributed by atoms with Crippen molar-refractivity contribution < 1.29 is 0 Å². The summed E-state index contributed by atoms with van der Waals surface area (Å²) in [4.78, 5) is 36.3. The van der Waals surface area contributed by atoms with Crippen LogP contribution in [0, 0.1) is 0 Å². The highest BCUT2D eigenvalue weighted by Crippen LogP contribution is 2.65. The molecule has 8 heteroatoms. The summed E-state index contributed by atoms with van der Waals surface area (Å²) in [7, 11) is 0. The number of fused-ring (bicyclic) bond motifs is 24. The Morgan fingerprint density at radius 2 is 0.445 bits per heavy atom. The molecule has 18 aromatic carbocycles. The van der Waals surface area contributed by atoms with Crippen molar-refractivity contribution in [2.75, 3.05) is 0 Å². The Kier molecular flexibility index (Phi) is 17.8. The van der Waals surface area contributed by atoms with Crippen LogP contribution >= 0.6 is 23.5 Å². The third-order valence-corrected chi connectivity index (χ3v) is 28.6. The molecule has 2 aliphatic carbocycles. The van der Waals surface area contributed by atoms with Crippen molar-refractivity contribution in [2.24, 2.45) is 0 Å². The van der Waals surface area contributed by atoms with Crippen LogP contribution in [0.15, 0.2) is 468 Å². The number of pyridine rings is 2. The number of benzene rings is 18. The van der Waals surface area contributed by atoms with E-state index in [9.17, 15) is 0 Å². The smallest absolute Gasteiger partial charge is 0.160 e. The molecule has 128 heavy (non-hydrogen) atoms. The van der Waals surface area contributed by atoms with E-state index in [1.165, 1.54) is 103 Å². The largest absolute Gasteiger partial charge is 0.247 e. The van der Waals surface area contributed by atoms with Crippen molar-refractivity contribution in [3.8, 4) is 135 Å². The van der Waals surface area contributed by atoms with Gasteiger partial charge in [-0.1, -0.05) is 406 Å². The van der Waals surface area contributed by atoms with E-state index in [2.05, 4.69) is 394 Å². The highest BCUT2D eigenvalue weighted by molar-refractivity contribution is 7.99. The Hall–Kier alpha value is -15.8. The molecule has 0 N–H and O–H groups in total. The molecular weight excluding hydrogens is 1590 g/mol. The molecule has 4 aromatic heterocycles. The van der Waals surface area contributed by atoms with Crippen LogP contribution in [0.1, 0.15) is 44.5 Å². The third kappa shape index (κ3) is 12.2. The fourth-order valence-electron chi connectivity index (χ4n) is 20.5. The maximum Gasteiger partial charge on any atom is 0.160 e. The number of nitrogens with zero attached hydrogens (tertiary/aromatic N) is 6. The monoisotopic (exact) mass is 1660 g/mol. The van der Waals surface area contributed by atoms with Crippen LogP contribution in [0.2, 0.25) is 0 Å². The minimum Gasteiger partial charge on any atom is -0.247 e. The van der Waals surface area contributed by atoms with Crippen molar-refractivity contribution in [1.82, 2.24) is 29.9 Å². The molecule has 0 amide bonds. The maximum atomic E-state index is 5.44. The maximum absolute atomic E-state index is 5.44. The third-order valence-electron chi connectivity index (χ3n) is 26.3. The van der Waals surface area contributed by atoms with Crippen LogP contribution in [0.4, 0.5) is 0 Å². The van der Waals surface area contributed by atoms with Crippen molar-refractivity contribution >= 4 is 66.9 Å². The van der Waals surface area contributed by atoms with E-state index in [1.54, 1.807) is 0 Å². The fourth-order valence-corrected chi connectivity index (χ4v) is 22.9. The molecule has 596 valence electrons. The van der Waals surface area contributed by atoms with E-state index < -0.39 is 10.8 Å². The van der Waals surface area contributed by atoms with E-state index in [4.69, 9.17) is 29.9 Å². The Balaban J connectivity index is 0.000000139. The van der Waals surface area contributed by atoms with Gasteiger partial charge in [-0.05, 0) is 167 Å². The summed E-state index contributed by atoms with van der Waals surface area (Å²) in [6.45, 7) is 0. The van der Waals surface area contributed by atoms with Gasteiger partial charge in [-0.25, -0.2) is 29.9 Å². The molecule has 0 saturated carbocycles. The fraction of sp³-hybridized carbons (Fsp3) is 0.0167. The van der Waals surface area contributed by atoms with Gasteiger partial charge in [-0.3, -0.25) is 0 Å². The lowest BCUT2D eigenvalue weighted by molar-refractivity contribution is 0.724. The molecule has 0 bridgehead atoms. The predicted octanol–water partition coefficient (Wildman–Crippen LogP) is 30.7. The molecule has 6 nitrogen and oxygen atoms in total. The van der Waals surface area contributed by atoms with Crippen LogP contribution in [0.3, 0.4) is 0 Å². The molecule has 6 heterocycles. The van der Waals surface area contributed by atoms with E-state index >= 15 is 0 Å². The van der Waals surface area contributed by atoms with Crippen molar-refractivity contribution in [3.63, 3.8) is 0 Å². The molecule has 26 rings (SSSR count). The number of aromatic nitrogens is 6. The average Bonchev–Trinajstić information content (AvgIpc) is 1.50. The van der Waals surface area contributed by atoms with E-state index in [0.29, 0.717) is 11.6 Å². The van der Waals surface area contributed by atoms with Gasteiger partial charge in [0.2, 0.25) is 0 Å². The van der Waals surface area contributed by atoms with Crippen LogP contribution in [-0.4, -0.2) is 29.9 Å². The Morgan fingerprint density at radius 1 is 0.156 bits per heavy atom. The topological polar surface area (TPSA) is 77.3 Å². The summed E-state index contributed by atoms with van der Waals surface area (Å²) < 4.78 is 0. The molecule has 0 unspecified atom stereocenters. The zero-order valence-corrected chi connectivity index (χ0v) is 70.9. The lowest BCUT2D eigenvalue weighted by Crippen LogP contribution is -2.32. The first-order valence-corrected chi connectivity index (χ1v) is 45.1. The quantitative estimate of drug-likeness (QED) is 0.125. The van der Waals surface area contributed by atoms with Gasteiger partial charge in [-0.2, -0.15) is 0 Å². The molecule has 22 aromatic rings. The molecule has 0 saturated heterocycles. The standard InChI is InChI=1S/2C60H37N3S/c1-3-16-38(17-4-1)42-20-15-21-43(34-42)55-37-54(62-59(63-55)41-18-5-2-6-19-41)39-30-32-40(33-31-39)58-48-36-57-52(35-47(48)46-24-9-13-28-53(46)61-58)60(51-27-12-14-29-56(51)64-57)49-25-10-7-22-44(49)45-23-8-11-26-50(45)60;1-3-15-40(16-4-1)54-37-55(63-59(62-54)43-17-5-2-6-18-43)41-31-27-38(28-32-41)39-29-33-42(34-30-39)58-48-36-57-52(35-47(48)46-21-9-13-25-53(46)61-58)60(51-24-12-14-26-56(51)64-57)49-22-10-7-19-44(49)45-20-8-11-23-50(45)60/h2*1-37H. The van der Waals surface area contributed by atoms with E-state index in [-0.39, 0.29) is 0 Å². The second-order valence-corrected chi connectivity index (χ2v) is 35.5. The van der Waals surface area contributed by atoms with Gasteiger partial charge in [0, 0.05) is 85.6 Å². The van der Waals surface area contributed by atoms with Gasteiger partial charge in [-0.15, -0.1) is 0 Å². The zero-order valence-electron chi connectivity index (χ0n) is 69.2. The summed E-state index contributed by atoms with van der Waals surface area (Å²) in [5, 5.41) is 7.03. The first-order valence-electron chi connectivity index (χ1n) is 43.5. The highest BCUT2D eigenvalue weighted by atomic mass is 32.2. The second-order valence-electron chi connectivity index (χ2n) is 33.3. The van der Waals surface area contributed by atoms with Crippen LogP contribution in [-0.2, 0) is 10.8 Å². The Labute approximate surface area is 749 Å². The molecular formula is C120H74N6S2. The Bertz CT molecular complexity index is 8080. The van der Waals surface area contributed by atoms with Crippen LogP contribution < -0.4 is 0 Å². The molecule has 0 fully saturated rings. The van der Waals surface area contributed by atoms with E-state index in [1.807, 2.05) is 78.1 Å². The summed E-state index contributed by atoms with van der Waals surface area (Å²) in [5.41, 5.74) is 35.4. The minimum atomic E-state index is -0.456. The first-order chi connectivity index (χ1) is 63.4. The number of para-hydroxylation sites is 2. The lowest BCUT2D eigenvalue weighted by atomic mass is 9.67. The van der Waals surface area contributed by atoms with Gasteiger partial charge in [0.05, 0.1) is 56.0 Å². The summed E-state index contributed by atoms with van der Waals surface area (Å²) in [6.07, 6.45) is 0. The number of hydrogen-bond acceptors (Lipinski definition) is 8. The highest BCUT2D eigenvalue weighted by Gasteiger charge is 2.52. The SMILES string of the molecule is c1ccc(-c2cc(-c3ccc(-c4ccc(-c5nc6ccccc6c6cc7c(cc56)Sc5ccccc5C75c6ccccc6-c6ccccc65)cc4)cc3)nc(-c3ccccc3)n2)cc1.c1ccc(-c2cccc(-c3cc(-c4ccc(-c5nc6ccccc6c6cc7c(cc56)Sc5ccccc5C75c6ccccc6-c6ccccc65)cc4)nc(-c4ccccc4)n3)c2)cc1. The van der Waals surface area contributed by atoms with Gasteiger partial charge in [0.25, 0.3) is 0 Å². The second kappa shape index (κ2) is 30.5. The molecule has 2 spiro atoms. The zero-order chi connectivity index (χ0) is 84.4. The van der Waals surface area contributed by atoms with Gasteiger partial charge < -0.3 is 0 Å². The van der Waals surface area contributed by atoms with Gasteiger partial charge in [0.15, 0.2) is 11.6 Å². The summed E-state index contributed by atoms with van der Waals surface area (Å²) in [5.74, 6) is 1.41. The summed E-state index contributed by atoms with van der Waals surface area (Å²) in [6, 6.07) is 162. The summed E-state index contributed by atoms with van der Waals surface area (Å²) >= 11 is 3.75. The number of rotatable bonds is 10. The molecule has 2 aliphatic heterocycles. The van der Waals surface area contributed by atoms with Crippen LogP contribution in [0.25, 0.3) is 178 Å². The average molecular weight is 1660 g/mol. The van der Waals surface area contributed by atoms with Crippen molar-refractivity contribution in [3.05, 3.63) is 493 Å². The van der Waals surface area contributed by atoms with Gasteiger partial charge >= 0.3 is 0 Å². The van der Waals surface area contributed by atoms with Crippen molar-refractivity contribution in [1.29, 1.82) is 0 Å². The molecule has 0 radical (unpaired) electrons. The van der Waals surface area contributed by atoms with Gasteiger partial charge in [0.1, 0.15) is 0 Å². The van der Waals surface area contributed by atoms with E-state index in [0.717, 1.165) is 128 Å². The Morgan fingerprint density at radius 3 is 0.852 bits per heavy atom. The normalized spacial score (nSPS) is 13.1. The predicted molar refractivity (Wildman–Crippen MR) is 527 cm³/mol. The minimum absolute atomic E-state index is 0.442. The number of hydrogen-bond donors (Lipinski definition) is 0. The van der Waals surface area contributed by atoms with Crippen molar-refractivity contribution in [2.45, 2.75) is 30.4 Å². The van der Waals surface area contributed by atoms with Crippen LogP contribution in [0.5, 0.6) is 0 Å². The lowest BCUT2D eigenvalue weighted by Gasteiger charge is -2.40. The first kappa shape index (κ1) is 74.8.